The Bertz CT molecular complexity index is 442. The topological polar surface area (TPSA) is 37.4 Å². The van der Waals surface area contributed by atoms with Crippen molar-refractivity contribution in [3.05, 3.63) is 16.1 Å². The summed E-state index contributed by atoms with van der Waals surface area (Å²) in [4.78, 5) is 6.71. The number of anilines is 2. The van der Waals surface area contributed by atoms with Crippen molar-refractivity contribution in [2.24, 2.45) is 0 Å². The van der Waals surface area contributed by atoms with Crippen LogP contribution in [0.1, 0.15) is 20.3 Å². The second-order valence-electron chi connectivity index (χ2n) is 4.68. The summed E-state index contributed by atoms with van der Waals surface area (Å²) in [5.41, 5.74) is 0. The van der Waals surface area contributed by atoms with Crippen LogP contribution in [0.4, 0.5) is 11.6 Å². The molecule has 0 aromatic carbocycles. The van der Waals surface area contributed by atoms with Gasteiger partial charge in [-0.25, -0.2) is 4.98 Å². The highest BCUT2D eigenvalue weighted by Gasteiger charge is 2.21. The Balaban J connectivity index is 2.23. The van der Waals surface area contributed by atoms with Crippen molar-refractivity contribution in [2.45, 2.75) is 26.4 Å². The molecule has 1 atom stereocenters. The van der Waals surface area contributed by atoms with E-state index in [-0.39, 0.29) is 6.10 Å². The van der Waals surface area contributed by atoms with Crippen molar-refractivity contribution in [3.63, 3.8) is 0 Å². The average molecular weight is 304 g/mol. The fourth-order valence-corrected chi connectivity index (χ4v) is 2.60. The number of aromatic nitrogens is 1. The summed E-state index contributed by atoms with van der Waals surface area (Å²) in [6.45, 7) is 7.27. The van der Waals surface area contributed by atoms with Crippen LogP contribution < -0.4 is 10.2 Å². The Kier molecular flexibility index (Phi) is 5.13. The summed E-state index contributed by atoms with van der Waals surface area (Å²) in [6.07, 6.45) is 1.21. The van der Waals surface area contributed by atoms with E-state index < -0.39 is 0 Å². The van der Waals surface area contributed by atoms with E-state index in [1.807, 2.05) is 6.92 Å². The van der Waals surface area contributed by atoms with E-state index in [9.17, 15) is 0 Å². The van der Waals surface area contributed by atoms with Crippen molar-refractivity contribution in [3.8, 4) is 0 Å². The number of ether oxygens (including phenoxy) is 1. The lowest BCUT2D eigenvalue weighted by molar-refractivity contribution is 0.0529. The first-order chi connectivity index (χ1) is 9.11. The number of hydrogen-bond acceptors (Lipinski definition) is 4. The Morgan fingerprint density at radius 1 is 1.47 bits per heavy atom. The third kappa shape index (κ3) is 3.65. The van der Waals surface area contributed by atoms with Gasteiger partial charge in [0.1, 0.15) is 11.6 Å². The molecule has 0 spiro atoms. The molecule has 1 aromatic heterocycles. The van der Waals surface area contributed by atoms with Gasteiger partial charge < -0.3 is 15.0 Å². The van der Waals surface area contributed by atoms with E-state index in [0.717, 1.165) is 31.9 Å². The third-order valence-electron chi connectivity index (χ3n) is 2.99. The van der Waals surface area contributed by atoms with Gasteiger partial charge in [0, 0.05) is 19.6 Å². The van der Waals surface area contributed by atoms with Crippen LogP contribution in [-0.4, -0.2) is 37.3 Å². The number of pyridine rings is 1. The Labute approximate surface area is 124 Å². The highest BCUT2D eigenvalue weighted by atomic mass is 35.5. The molecular weight excluding hydrogens is 285 g/mol. The molecule has 0 radical (unpaired) electrons. The number of nitrogens with zero attached hydrogens (tertiary/aromatic N) is 2. The lowest BCUT2D eigenvalue weighted by Crippen LogP contribution is -2.41. The molecule has 0 bridgehead atoms. The molecule has 2 rings (SSSR count). The van der Waals surface area contributed by atoms with E-state index in [4.69, 9.17) is 27.9 Å². The van der Waals surface area contributed by atoms with Gasteiger partial charge in [-0.05, 0) is 19.4 Å². The summed E-state index contributed by atoms with van der Waals surface area (Å²) in [5, 5.41) is 4.36. The molecule has 1 unspecified atom stereocenters. The number of rotatable bonds is 4. The van der Waals surface area contributed by atoms with Crippen molar-refractivity contribution in [2.75, 3.05) is 36.5 Å². The highest BCUT2D eigenvalue weighted by molar-refractivity contribution is 6.37. The van der Waals surface area contributed by atoms with E-state index in [0.29, 0.717) is 22.5 Å². The predicted octanol–water partition coefficient (Wildman–Crippen LogP) is 3.44. The molecule has 1 aliphatic heterocycles. The monoisotopic (exact) mass is 303 g/mol. The van der Waals surface area contributed by atoms with Crippen LogP contribution in [0.15, 0.2) is 6.07 Å². The smallest absolute Gasteiger partial charge is 0.150 e. The molecule has 106 valence electrons. The van der Waals surface area contributed by atoms with Gasteiger partial charge in [-0.1, -0.05) is 30.1 Å². The van der Waals surface area contributed by atoms with Gasteiger partial charge >= 0.3 is 0 Å². The van der Waals surface area contributed by atoms with E-state index in [1.54, 1.807) is 6.07 Å². The number of morpholine rings is 1. The SMILES string of the molecule is CCCNc1nc(N2CCOC(C)C2)c(Cl)cc1Cl. The second-order valence-corrected chi connectivity index (χ2v) is 5.49. The molecule has 2 heterocycles. The van der Waals surface area contributed by atoms with Crippen LogP contribution in [-0.2, 0) is 4.74 Å². The molecule has 6 heteroatoms. The van der Waals surface area contributed by atoms with Gasteiger partial charge in [0.15, 0.2) is 0 Å². The molecule has 0 amide bonds. The van der Waals surface area contributed by atoms with Gasteiger partial charge in [0.25, 0.3) is 0 Å². The zero-order valence-electron chi connectivity index (χ0n) is 11.2. The zero-order valence-corrected chi connectivity index (χ0v) is 12.8. The molecule has 1 aliphatic rings. The van der Waals surface area contributed by atoms with Crippen molar-refractivity contribution in [1.82, 2.24) is 4.98 Å². The average Bonchev–Trinajstić information content (AvgIpc) is 2.38. The van der Waals surface area contributed by atoms with Crippen LogP contribution in [0.5, 0.6) is 0 Å². The maximum absolute atomic E-state index is 6.26. The van der Waals surface area contributed by atoms with Gasteiger partial charge in [0.05, 0.1) is 22.8 Å². The summed E-state index contributed by atoms with van der Waals surface area (Å²) in [5.74, 6) is 1.47. The minimum absolute atomic E-state index is 0.189. The van der Waals surface area contributed by atoms with Crippen LogP contribution in [0.3, 0.4) is 0 Å². The molecular formula is C13H19Cl2N3O. The van der Waals surface area contributed by atoms with Gasteiger partial charge in [-0.15, -0.1) is 0 Å². The first-order valence-corrected chi connectivity index (χ1v) is 7.34. The Morgan fingerprint density at radius 2 is 2.26 bits per heavy atom. The van der Waals surface area contributed by atoms with Crippen molar-refractivity contribution >= 4 is 34.8 Å². The first kappa shape index (κ1) is 14.7. The maximum Gasteiger partial charge on any atom is 0.150 e. The largest absolute Gasteiger partial charge is 0.375 e. The zero-order chi connectivity index (χ0) is 13.8. The van der Waals surface area contributed by atoms with Gasteiger partial charge in [-0.2, -0.15) is 0 Å². The standard InChI is InChI=1S/C13H19Cl2N3O/c1-3-4-16-12-10(14)7-11(15)13(17-12)18-5-6-19-9(2)8-18/h7,9H,3-6,8H2,1-2H3,(H,16,17). The molecule has 1 aromatic rings. The molecule has 1 N–H and O–H groups in total. The van der Waals surface area contributed by atoms with Crippen LogP contribution in [0.25, 0.3) is 0 Å². The second kappa shape index (κ2) is 6.64. The molecule has 4 nitrogen and oxygen atoms in total. The fraction of sp³-hybridized carbons (Fsp3) is 0.615. The lowest BCUT2D eigenvalue weighted by atomic mass is 10.3. The molecule has 19 heavy (non-hydrogen) atoms. The summed E-state index contributed by atoms with van der Waals surface area (Å²) >= 11 is 12.4. The Morgan fingerprint density at radius 3 is 2.95 bits per heavy atom. The quantitative estimate of drug-likeness (QED) is 0.924. The molecule has 0 aliphatic carbocycles. The maximum atomic E-state index is 6.26. The lowest BCUT2D eigenvalue weighted by Gasteiger charge is -2.32. The summed E-state index contributed by atoms with van der Waals surface area (Å²) in [7, 11) is 0. The minimum Gasteiger partial charge on any atom is -0.375 e. The summed E-state index contributed by atoms with van der Waals surface area (Å²) in [6, 6.07) is 1.75. The molecule has 1 saturated heterocycles. The van der Waals surface area contributed by atoms with Gasteiger partial charge in [-0.3, -0.25) is 0 Å². The van der Waals surface area contributed by atoms with Gasteiger partial charge in [0.2, 0.25) is 0 Å². The van der Waals surface area contributed by atoms with Crippen LogP contribution in [0, 0.1) is 0 Å². The third-order valence-corrected chi connectivity index (χ3v) is 3.56. The molecule has 0 saturated carbocycles. The van der Waals surface area contributed by atoms with Crippen molar-refractivity contribution < 1.29 is 4.74 Å². The van der Waals surface area contributed by atoms with Crippen LogP contribution in [0.2, 0.25) is 10.0 Å². The number of nitrogens with one attached hydrogen (secondary N) is 1. The van der Waals surface area contributed by atoms with E-state index in [2.05, 4.69) is 22.1 Å². The number of hydrogen-bond donors (Lipinski definition) is 1. The molecule has 1 fully saturated rings. The summed E-state index contributed by atoms with van der Waals surface area (Å²) < 4.78 is 5.53. The normalized spacial score (nSPS) is 19.6. The fourth-order valence-electron chi connectivity index (χ4n) is 2.06. The number of halogens is 2. The Hall–Kier alpha value is -0.710. The van der Waals surface area contributed by atoms with E-state index in [1.165, 1.54) is 0 Å². The first-order valence-electron chi connectivity index (χ1n) is 6.58. The highest BCUT2D eigenvalue weighted by Crippen LogP contribution is 2.32. The predicted molar refractivity (Wildman–Crippen MR) is 80.7 cm³/mol. The minimum atomic E-state index is 0.189. The van der Waals surface area contributed by atoms with E-state index >= 15 is 0 Å². The van der Waals surface area contributed by atoms with Crippen LogP contribution >= 0.6 is 23.2 Å². The van der Waals surface area contributed by atoms with Crippen molar-refractivity contribution in [1.29, 1.82) is 0 Å².